The second kappa shape index (κ2) is 7.12. The van der Waals surface area contributed by atoms with Crippen LogP contribution in [0.1, 0.15) is 36.9 Å². The Morgan fingerprint density at radius 1 is 1.16 bits per heavy atom. The summed E-state index contributed by atoms with van der Waals surface area (Å²) < 4.78 is 30.6. The van der Waals surface area contributed by atoms with Crippen LogP contribution in [0, 0.1) is 0 Å². The molecule has 2 aromatic carbocycles. The van der Waals surface area contributed by atoms with Crippen LogP contribution < -0.4 is 10.1 Å². The van der Waals surface area contributed by atoms with Gasteiger partial charge >= 0.3 is 6.61 Å². The lowest BCUT2D eigenvalue weighted by atomic mass is 9.94. The van der Waals surface area contributed by atoms with Crippen molar-refractivity contribution in [2.24, 2.45) is 0 Å². The predicted molar refractivity (Wildman–Crippen MR) is 94.7 cm³/mol. The summed E-state index contributed by atoms with van der Waals surface area (Å²) in [7, 11) is 0. The molecular weight excluding hydrogens is 392 g/mol. The maximum Gasteiger partial charge on any atom is 0.387 e. The molecule has 1 amide bonds. The molecule has 2 aromatic rings. The summed E-state index contributed by atoms with van der Waals surface area (Å²) >= 11 is 3.39. The van der Waals surface area contributed by atoms with Gasteiger partial charge in [-0.1, -0.05) is 46.3 Å². The van der Waals surface area contributed by atoms with E-state index >= 15 is 0 Å². The van der Waals surface area contributed by atoms with E-state index in [0.29, 0.717) is 5.56 Å². The fourth-order valence-corrected chi connectivity index (χ4v) is 3.26. The average Bonchev–Trinajstić information content (AvgIpc) is 3.37. The molecule has 0 bridgehead atoms. The summed E-state index contributed by atoms with van der Waals surface area (Å²) in [5.74, 6) is -0.00652. The van der Waals surface area contributed by atoms with E-state index in [1.54, 1.807) is 25.1 Å². The molecule has 0 aromatic heterocycles. The molecule has 6 heteroatoms. The van der Waals surface area contributed by atoms with Crippen LogP contribution in [0.3, 0.4) is 0 Å². The highest BCUT2D eigenvalue weighted by Gasteiger charge is 2.51. The van der Waals surface area contributed by atoms with Gasteiger partial charge in [0.05, 0.1) is 11.5 Å². The van der Waals surface area contributed by atoms with Crippen LogP contribution in [-0.4, -0.2) is 12.5 Å². The number of amides is 1. The second-order valence-corrected chi connectivity index (χ2v) is 7.12. The maximum atomic E-state index is 12.8. The average molecular weight is 410 g/mol. The lowest BCUT2D eigenvalue weighted by Gasteiger charge is -2.22. The first kappa shape index (κ1) is 17.9. The van der Waals surface area contributed by atoms with Gasteiger partial charge in [-0.15, -0.1) is 0 Å². The quantitative estimate of drug-likeness (QED) is 0.731. The van der Waals surface area contributed by atoms with Crippen molar-refractivity contribution in [3.63, 3.8) is 0 Å². The normalized spacial score (nSPS) is 16.4. The number of halogens is 3. The summed E-state index contributed by atoms with van der Waals surface area (Å²) in [4.78, 5) is 12.8. The smallest absolute Gasteiger partial charge is 0.387 e. The third kappa shape index (κ3) is 3.84. The molecular formula is C19H18BrF2NO2. The highest BCUT2D eigenvalue weighted by molar-refractivity contribution is 9.10. The summed E-state index contributed by atoms with van der Waals surface area (Å²) in [6.07, 6.45) is 1.56. The van der Waals surface area contributed by atoms with Gasteiger partial charge in [0.25, 0.3) is 0 Å². The molecule has 1 atom stereocenters. The zero-order valence-electron chi connectivity index (χ0n) is 13.6. The SMILES string of the molecule is C[C@H](NC(=O)C1(c2ccc(Br)cc2)CC1)c1ccccc1OC(F)F. The lowest BCUT2D eigenvalue weighted by molar-refractivity contribution is -0.124. The molecule has 0 unspecified atom stereocenters. The Bertz CT molecular complexity index is 760. The topological polar surface area (TPSA) is 38.3 Å². The number of benzene rings is 2. The number of carbonyl (C=O) groups is 1. The van der Waals surface area contributed by atoms with Gasteiger partial charge in [-0.3, -0.25) is 4.79 Å². The van der Waals surface area contributed by atoms with Crippen LogP contribution in [0.25, 0.3) is 0 Å². The van der Waals surface area contributed by atoms with Crippen molar-refractivity contribution in [2.45, 2.75) is 37.8 Å². The van der Waals surface area contributed by atoms with Crippen molar-refractivity contribution in [2.75, 3.05) is 0 Å². The van der Waals surface area contributed by atoms with Crippen molar-refractivity contribution < 1.29 is 18.3 Å². The molecule has 3 nitrogen and oxygen atoms in total. The van der Waals surface area contributed by atoms with Crippen LogP contribution in [0.15, 0.2) is 53.0 Å². The lowest BCUT2D eigenvalue weighted by Crippen LogP contribution is -2.36. The largest absolute Gasteiger partial charge is 0.434 e. The molecule has 3 rings (SSSR count). The minimum atomic E-state index is -2.90. The standard InChI is InChI=1S/C19H18BrF2NO2/c1-12(15-4-2-3-5-16(15)25-18(21)22)23-17(24)19(10-11-19)13-6-8-14(20)9-7-13/h2-9,12,18H,10-11H2,1H3,(H,23,24)/t12-/m0/s1. The minimum absolute atomic E-state index is 0.0822. The van der Waals surface area contributed by atoms with Crippen molar-refractivity contribution in [1.82, 2.24) is 5.32 Å². The second-order valence-electron chi connectivity index (χ2n) is 6.20. The zero-order chi connectivity index (χ0) is 18.0. The van der Waals surface area contributed by atoms with E-state index in [0.717, 1.165) is 22.9 Å². The molecule has 1 aliphatic carbocycles. The number of ether oxygens (including phenoxy) is 1. The number of para-hydroxylation sites is 1. The first-order valence-electron chi connectivity index (χ1n) is 8.03. The fourth-order valence-electron chi connectivity index (χ4n) is 2.99. The molecule has 1 fully saturated rings. The number of carbonyl (C=O) groups excluding carboxylic acids is 1. The van der Waals surface area contributed by atoms with Crippen LogP contribution >= 0.6 is 15.9 Å². The molecule has 0 saturated heterocycles. The third-order valence-electron chi connectivity index (χ3n) is 4.53. The van der Waals surface area contributed by atoms with Gasteiger partial charge in [-0.25, -0.2) is 0 Å². The monoisotopic (exact) mass is 409 g/mol. The molecule has 0 radical (unpaired) electrons. The van der Waals surface area contributed by atoms with Crippen molar-refractivity contribution in [3.8, 4) is 5.75 Å². The molecule has 0 heterocycles. The van der Waals surface area contributed by atoms with Gasteiger partial charge in [0.1, 0.15) is 5.75 Å². The third-order valence-corrected chi connectivity index (χ3v) is 5.06. The molecule has 0 aliphatic heterocycles. The number of hydrogen-bond donors (Lipinski definition) is 1. The summed E-state index contributed by atoms with van der Waals surface area (Å²) in [6.45, 7) is -1.13. The van der Waals surface area contributed by atoms with E-state index in [2.05, 4.69) is 26.0 Å². The summed E-state index contributed by atoms with van der Waals surface area (Å²) in [5.41, 5.74) is 0.980. The van der Waals surface area contributed by atoms with E-state index in [-0.39, 0.29) is 11.7 Å². The molecule has 1 N–H and O–H groups in total. The first-order chi connectivity index (χ1) is 11.9. The van der Waals surface area contributed by atoms with Gasteiger partial charge in [0.15, 0.2) is 0 Å². The Balaban J connectivity index is 1.76. The summed E-state index contributed by atoms with van der Waals surface area (Å²) in [6, 6.07) is 13.8. The Hall–Kier alpha value is -1.95. The molecule has 25 heavy (non-hydrogen) atoms. The molecule has 132 valence electrons. The Labute approximate surface area is 153 Å². The molecule has 0 spiro atoms. The minimum Gasteiger partial charge on any atom is -0.434 e. The highest BCUT2D eigenvalue weighted by atomic mass is 79.9. The number of hydrogen-bond acceptors (Lipinski definition) is 2. The Morgan fingerprint density at radius 3 is 2.40 bits per heavy atom. The van der Waals surface area contributed by atoms with Crippen LogP contribution in [0.4, 0.5) is 8.78 Å². The van der Waals surface area contributed by atoms with Gasteiger partial charge < -0.3 is 10.1 Å². The zero-order valence-corrected chi connectivity index (χ0v) is 15.2. The summed E-state index contributed by atoms with van der Waals surface area (Å²) in [5, 5.41) is 2.95. The maximum absolute atomic E-state index is 12.8. The Kier molecular flexibility index (Phi) is 5.08. The van der Waals surface area contributed by atoms with E-state index in [1.165, 1.54) is 6.07 Å². The first-order valence-corrected chi connectivity index (χ1v) is 8.82. The van der Waals surface area contributed by atoms with E-state index < -0.39 is 18.1 Å². The number of alkyl halides is 2. The van der Waals surface area contributed by atoms with E-state index in [1.807, 2.05) is 24.3 Å². The van der Waals surface area contributed by atoms with Crippen LogP contribution in [0.5, 0.6) is 5.75 Å². The van der Waals surface area contributed by atoms with Crippen molar-refractivity contribution in [3.05, 3.63) is 64.1 Å². The van der Waals surface area contributed by atoms with Crippen molar-refractivity contribution in [1.29, 1.82) is 0 Å². The van der Waals surface area contributed by atoms with E-state index in [4.69, 9.17) is 0 Å². The van der Waals surface area contributed by atoms with E-state index in [9.17, 15) is 13.6 Å². The van der Waals surface area contributed by atoms with Gasteiger partial charge in [-0.2, -0.15) is 8.78 Å². The molecule has 1 aliphatic rings. The fraction of sp³-hybridized carbons (Fsp3) is 0.316. The van der Waals surface area contributed by atoms with Crippen molar-refractivity contribution >= 4 is 21.8 Å². The predicted octanol–water partition coefficient (Wildman–Crippen LogP) is 4.96. The van der Waals surface area contributed by atoms with Crippen LogP contribution in [-0.2, 0) is 10.2 Å². The van der Waals surface area contributed by atoms with Gasteiger partial charge in [0, 0.05) is 10.0 Å². The van der Waals surface area contributed by atoms with Gasteiger partial charge in [0.2, 0.25) is 5.91 Å². The number of rotatable bonds is 6. The number of nitrogens with one attached hydrogen (secondary N) is 1. The van der Waals surface area contributed by atoms with Crippen LogP contribution in [0.2, 0.25) is 0 Å². The Morgan fingerprint density at radius 2 is 1.80 bits per heavy atom. The molecule has 1 saturated carbocycles. The van der Waals surface area contributed by atoms with Gasteiger partial charge in [-0.05, 0) is 43.5 Å². The highest BCUT2D eigenvalue weighted by Crippen LogP contribution is 2.49.